The van der Waals surface area contributed by atoms with Crippen LogP contribution in [0.15, 0.2) is 23.1 Å². The second kappa shape index (κ2) is 7.94. The van der Waals surface area contributed by atoms with E-state index in [9.17, 15) is 18.0 Å². The molecule has 1 aromatic carbocycles. The molecule has 1 amide bonds. The predicted octanol–water partition coefficient (Wildman–Crippen LogP) is 0.712. The van der Waals surface area contributed by atoms with Crippen molar-refractivity contribution in [2.75, 3.05) is 24.7 Å². The molecule has 8 nitrogen and oxygen atoms in total. The maximum atomic E-state index is 12.3. The summed E-state index contributed by atoms with van der Waals surface area (Å²) in [6.45, 7) is 2.13. The van der Waals surface area contributed by atoms with E-state index in [0.717, 1.165) is 6.26 Å². The average Bonchev–Trinajstić information content (AvgIpc) is 3.03. The highest BCUT2D eigenvalue weighted by atomic mass is 32.2. The van der Waals surface area contributed by atoms with Gasteiger partial charge >= 0.3 is 5.97 Å². The molecule has 1 fully saturated rings. The van der Waals surface area contributed by atoms with Gasteiger partial charge in [-0.05, 0) is 38.0 Å². The van der Waals surface area contributed by atoms with Crippen molar-refractivity contribution in [2.24, 2.45) is 5.73 Å². The van der Waals surface area contributed by atoms with Crippen LogP contribution in [-0.4, -0.2) is 51.9 Å². The molecule has 0 saturated carbocycles. The molecule has 1 aliphatic heterocycles. The SMILES string of the molecule is CCOC(=O)c1cc(NC(=O)[C@@H]2CC[C@H](CN)O2)cc(S(C)(=O)=O)c1. The van der Waals surface area contributed by atoms with Gasteiger partial charge in [0.25, 0.3) is 5.91 Å². The molecule has 2 atom stereocenters. The molecule has 0 radical (unpaired) electrons. The Morgan fingerprint density at radius 3 is 2.60 bits per heavy atom. The molecule has 25 heavy (non-hydrogen) atoms. The van der Waals surface area contributed by atoms with Gasteiger partial charge in [0.15, 0.2) is 9.84 Å². The zero-order valence-corrected chi connectivity index (χ0v) is 15.0. The van der Waals surface area contributed by atoms with Crippen LogP contribution in [0.4, 0.5) is 5.69 Å². The zero-order valence-electron chi connectivity index (χ0n) is 14.2. The smallest absolute Gasteiger partial charge is 0.338 e. The molecule has 0 aromatic heterocycles. The first kappa shape index (κ1) is 19.4. The van der Waals surface area contributed by atoms with Gasteiger partial charge < -0.3 is 20.5 Å². The van der Waals surface area contributed by atoms with Gasteiger partial charge in [0.2, 0.25) is 0 Å². The standard InChI is InChI=1S/C16H22N2O6S/c1-3-23-16(20)10-6-11(8-13(7-10)25(2,21)22)18-15(19)14-5-4-12(9-17)24-14/h6-8,12,14H,3-5,9,17H2,1-2H3,(H,18,19)/t12-,14+/m1/s1. The summed E-state index contributed by atoms with van der Waals surface area (Å²) >= 11 is 0. The molecule has 9 heteroatoms. The lowest BCUT2D eigenvalue weighted by molar-refractivity contribution is -0.126. The van der Waals surface area contributed by atoms with E-state index in [4.69, 9.17) is 15.2 Å². The summed E-state index contributed by atoms with van der Waals surface area (Å²) in [6.07, 6.45) is 1.43. The topological polar surface area (TPSA) is 125 Å². The number of esters is 1. The molecule has 1 saturated heterocycles. The molecule has 138 valence electrons. The predicted molar refractivity (Wildman–Crippen MR) is 91.1 cm³/mol. The number of rotatable bonds is 6. The van der Waals surface area contributed by atoms with E-state index in [-0.39, 0.29) is 28.9 Å². The van der Waals surface area contributed by atoms with Gasteiger partial charge in [-0.3, -0.25) is 4.79 Å². The van der Waals surface area contributed by atoms with Crippen molar-refractivity contribution in [3.63, 3.8) is 0 Å². The Kier molecular flexibility index (Phi) is 6.15. The van der Waals surface area contributed by atoms with Crippen molar-refractivity contribution in [2.45, 2.75) is 36.9 Å². The Morgan fingerprint density at radius 2 is 2.04 bits per heavy atom. The van der Waals surface area contributed by atoms with Crippen molar-refractivity contribution in [1.29, 1.82) is 0 Å². The van der Waals surface area contributed by atoms with Crippen LogP contribution in [0.1, 0.15) is 30.1 Å². The molecule has 0 spiro atoms. The lowest BCUT2D eigenvalue weighted by Crippen LogP contribution is -2.30. The van der Waals surface area contributed by atoms with Crippen molar-refractivity contribution in [3.8, 4) is 0 Å². The summed E-state index contributed by atoms with van der Waals surface area (Å²) in [5.74, 6) is -1.07. The van der Waals surface area contributed by atoms with Gasteiger partial charge in [0.05, 0.1) is 23.2 Å². The minimum atomic E-state index is -3.57. The maximum Gasteiger partial charge on any atom is 0.338 e. The molecular formula is C16H22N2O6S. The molecular weight excluding hydrogens is 348 g/mol. The van der Waals surface area contributed by atoms with Crippen LogP contribution in [0.25, 0.3) is 0 Å². The molecule has 0 bridgehead atoms. The fourth-order valence-corrected chi connectivity index (χ4v) is 3.19. The fraction of sp³-hybridized carbons (Fsp3) is 0.500. The van der Waals surface area contributed by atoms with E-state index in [2.05, 4.69) is 5.32 Å². The number of carbonyl (C=O) groups excluding carboxylic acids is 2. The summed E-state index contributed by atoms with van der Waals surface area (Å²) in [5, 5.41) is 2.60. The van der Waals surface area contributed by atoms with Crippen LogP contribution in [-0.2, 0) is 24.1 Å². The largest absolute Gasteiger partial charge is 0.462 e. The van der Waals surface area contributed by atoms with E-state index in [1.165, 1.54) is 18.2 Å². The first-order valence-electron chi connectivity index (χ1n) is 7.93. The quantitative estimate of drug-likeness (QED) is 0.707. The lowest BCUT2D eigenvalue weighted by atomic mass is 10.1. The highest BCUT2D eigenvalue weighted by Gasteiger charge is 2.30. The van der Waals surface area contributed by atoms with Crippen molar-refractivity contribution >= 4 is 27.4 Å². The summed E-state index contributed by atoms with van der Waals surface area (Å²) in [4.78, 5) is 24.2. The number of nitrogens with one attached hydrogen (secondary N) is 1. The lowest BCUT2D eigenvalue weighted by Gasteiger charge is -2.14. The number of hydrogen-bond donors (Lipinski definition) is 2. The molecule has 1 aromatic rings. The number of carbonyl (C=O) groups is 2. The second-order valence-corrected chi connectivity index (χ2v) is 7.80. The number of hydrogen-bond acceptors (Lipinski definition) is 7. The van der Waals surface area contributed by atoms with Gasteiger partial charge in [-0.25, -0.2) is 13.2 Å². The molecule has 1 heterocycles. The number of anilines is 1. The highest BCUT2D eigenvalue weighted by Crippen LogP contribution is 2.23. The number of ether oxygens (including phenoxy) is 2. The van der Waals surface area contributed by atoms with Crippen molar-refractivity contribution in [3.05, 3.63) is 23.8 Å². The van der Waals surface area contributed by atoms with Crippen LogP contribution >= 0.6 is 0 Å². The van der Waals surface area contributed by atoms with Crippen LogP contribution < -0.4 is 11.1 Å². The molecule has 0 aliphatic carbocycles. The number of sulfone groups is 1. The Bertz CT molecular complexity index is 762. The molecule has 0 unspecified atom stereocenters. The Hall–Kier alpha value is -1.97. The van der Waals surface area contributed by atoms with Gasteiger partial charge in [0, 0.05) is 18.5 Å². The molecule has 1 aliphatic rings. The number of benzene rings is 1. The summed E-state index contributed by atoms with van der Waals surface area (Å²) in [6, 6.07) is 3.89. The number of nitrogens with two attached hydrogens (primary N) is 1. The summed E-state index contributed by atoms with van der Waals surface area (Å²) in [7, 11) is -3.57. The van der Waals surface area contributed by atoms with E-state index >= 15 is 0 Å². The third-order valence-corrected chi connectivity index (χ3v) is 4.87. The second-order valence-electron chi connectivity index (χ2n) is 5.79. The minimum absolute atomic E-state index is 0.0484. The molecule has 3 N–H and O–H groups in total. The van der Waals surface area contributed by atoms with Crippen LogP contribution in [0, 0.1) is 0 Å². The van der Waals surface area contributed by atoms with E-state index in [1.54, 1.807) is 6.92 Å². The summed E-state index contributed by atoms with van der Waals surface area (Å²) in [5.41, 5.74) is 5.76. The van der Waals surface area contributed by atoms with Crippen LogP contribution in [0.2, 0.25) is 0 Å². The monoisotopic (exact) mass is 370 g/mol. The van der Waals surface area contributed by atoms with Gasteiger partial charge in [-0.2, -0.15) is 0 Å². The Morgan fingerprint density at radius 1 is 1.32 bits per heavy atom. The van der Waals surface area contributed by atoms with Crippen molar-refractivity contribution < 1.29 is 27.5 Å². The Balaban J connectivity index is 2.25. The van der Waals surface area contributed by atoms with Gasteiger partial charge in [0.1, 0.15) is 6.10 Å². The zero-order chi connectivity index (χ0) is 18.6. The highest BCUT2D eigenvalue weighted by molar-refractivity contribution is 7.90. The van der Waals surface area contributed by atoms with E-state index < -0.39 is 27.8 Å². The van der Waals surface area contributed by atoms with Crippen LogP contribution in [0.3, 0.4) is 0 Å². The Labute approximate surface area is 146 Å². The molecule has 2 rings (SSSR count). The van der Waals surface area contributed by atoms with E-state index in [0.29, 0.717) is 19.4 Å². The minimum Gasteiger partial charge on any atom is -0.462 e. The fourth-order valence-electron chi connectivity index (χ4n) is 2.51. The normalized spacial score (nSPS) is 20.3. The van der Waals surface area contributed by atoms with Gasteiger partial charge in [-0.15, -0.1) is 0 Å². The third-order valence-electron chi connectivity index (χ3n) is 3.78. The van der Waals surface area contributed by atoms with Crippen molar-refractivity contribution in [1.82, 2.24) is 0 Å². The van der Waals surface area contributed by atoms with Gasteiger partial charge in [-0.1, -0.05) is 0 Å². The maximum absolute atomic E-state index is 12.3. The number of amides is 1. The third kappa shape index (κ3) is 5.00. The summed E-state index contributed by atoms with van der Waals surface area (Å²) < 4.78 is 34.1. The first-order valence-corrected chi connectivity index (χ1v) is 9.82. The first-order chi connectivity index (χ1) is 11.7. The van der Waals surface area contributed by atoms with E-state index in [1.807, 2.05) is 0 Å². The van der Waals surface area contributed by atoms with Crippen LogP contribution in [0.5, 0.6) is 0 Å². The average molecular weight is 370 g/mol.